The predicted octanol–water partition coefficient (Wildman–Crippen LogP) is 1.36. The molecule has 1 rings (SSSR count). The van der Waals surface area contributed by atoms with Crippen LogP contribution in [0.5, 0.6) is 5.75 Å². The highest BCUT2D eigenvalue weighted by Crippen LogP contribution is 2.20. The number of amides is 1. The number of hydrogen-bond donors (Lipinski definition) is 1. The van der Waals surface area contributed by atoms with E-state index < -0.39 is 0 Å². The maximum absolute atomic E-state index is 10.9. The highest BCUT2D eigenvalue weighted by atomic mass is 79.9. The van der Waals surface area contributed by atoms with E-state index in [1.165, 1.54) is 0 Å². The van der Waals surface area contributed by atoms with Crippen molar-refractivity contribution in [3.8, 4) is 5.75 Å². The van der Waals surface area contributed by atoms with E-state index in [1.807, 2.05) is 0 Å². The van der Waals surface area contributed by atoms with Gasteiger partial charge in [-0.3, -0.25) is 4.79 Å². The smallest absolute Gasteiger partial charge is 0.223 e. The summed E-state index contributed by atoms with van der Waals surface area (Å²) in [6.45, 7) is 0.351. The maximum atomic E-state index is 10.9. The molecule has 1 aromatic rings. The summed E-state index contributed by atoms with van der Waals surface area (Å²) in [6.07, 6.45) is 2.01. The van der Waals surface area contributed by atoms with Crippen LogP contribution in [0.3, 0.4) is 0 Å². The average Bonchev–Trinajstić information content (AvgIpc) is 2.20. The van der Waals surface area contributed by atoms with Crippen LogP contribution in [0.4, 0.5) is 0 Å². The van der Waals surface area contributed by atoms with Crippen LogP contribution in [0.2, 0.25) is 0 Å². The molecule has 0 radical (unpaired) electrons. The minimum absolute atomic E-state index is 0.0370. The molecule has 0 atom stereocenters. The largest absolute Gasteiger partial charge is 0.490 e. The number of nitrogens with zero attached hydrogens (tertiary/aromatic N) is 1. The molecule has 1 N–H and O–H groups in total. The number of aromatic nitrogens is 1. The molecular formula is C9H11BrN2O2. The van der Waals surface area contributed by atoms with Gasteiger partial charge in [-0.2, -0.15) is 0 Å². The van der Waals surface area contributed by atoms with Gasteiger partial charge in [-0.25, -0.2) is 4.98 Å². The lowest BCUT2D eigenvalue weighted by atomic mass is 10.4. The molecule has 0 fully saturated rings. The summed E-state index contributed by atoms with van der Waals surface area (Å²) >= 11 is 3.24. The first-order chi connectivity index (χ1) is 6.74. The van der Waals surface area contributed by atoms with E-state index >= 15 is 0 Å². The predicted molar refractivity (Wildman–Crippen MR) is 56.1 cm³/mol. The summed E-state index contributed by atoms with van der Waals surface area (Å²) < 4.78 is 5.99. The summed E-state index contributed by atoms with van der Waals surface area (Å²) in [5, 5.41) is 2.52. The van der Waals surface area contributed by atoms with Crippen LogP contribution >= 0.6 is 15.9 Å². The molecule has 4 nitrogen and oxygen atoms in total. The summed E-state index contributed by atoms with van der Waals surface area (Å²) in [7, 11) is 1.60. The first-order valence-electron chi connectivity index (χ1n) is 4.18. The van der Waals surface area contributed by atoms with E-state index in [-0.39, 0.29) is 5.91 Å². The zero-order valence-corrected chi connectivity index (χ0v) is 9.37. The second-order valence-electron chi connectivity index (χ2n) is 2.56. The second-order valence-corrected chi connectivity index (χ2v) is 3.32. The third-order valence-corrected chi connectivity index (χ3v) is 2.19. The topological polar surface area (TPSA) is 51.2 Å². The average molecular weight is 259 g/mol. The number of carbonyl (C=O) groups excluding carboxylic acids is 1. The SMILES string of the molecule is CNC(=O)CCOc1cccnc1Br. The minimum Gasteiger partial charge on any atom is -0.490 e. The molecule has 0 aliphatic carbocycles. The van der Waals surface area contributed by atoms with Crippen molar-refractivity contribution >= 4 is 21.8 Å². The van der Waals surface area contributed by atoms with E-state index in [9.17, 15) is 4.79 Å². The Bertz CT molecular complexity index is 317. The van der Waals surface area contributed by atoms with Gasteiger partial charge < -0.3 is 10.1 Å². The summed E-state index contributed by atoms with van der Waals surface area (Å²) in [5.74, 6) is 0.612. The van der Waals surface area contributed by atoms with Gasteiger partial charge in [0, 0.05) is 13.2 Å². The molecule has 1 aromatic heterocycles. The normalized spacial score (nSPS) is 9.57. The Balaban J connectivity index is 2.39. The molecule has 0 aromatic carbocycles. The molecule has 5 heteroatoms. The van der Waals surface area contributed by atoms with Gasteiger partial charge in [-0.15, -0.1) is 0 Å². The number of nitrogens with one attached hydrogen (secondary N) is 1. The molecule has 0 unspecified atom stereocenters. The van der Waals surface area contributed by atoms with Crippen LogP contribution in [0.25, 0.3) is 0 Å². The summed E-state index contributed by atoms with van der Waals surface area (Å²) in [4.78, 5) is 14.9. The minimum atomic E-state index is -0.0370. The summed E-state index contributed by atoms with van der Waals surface area (Å²) in [5.41, 5.74) is 0. The van der Waals surface area contributed by atoms with E-state index in [0.29, 0.717) is 23.4 Å². The fourth-order valence-corrected chi connectivity index (χ4v) is 1.22. The maximum Gasteiger partial charge on any atom is 0.223 e. The van der Waals surface area contributed by atoms with Crippen molar-refractivity contribution in [2.45, 2.75) is 6.42 Å². The monoisotopic (exact) mass is 258 g/mol. The van der Waals surface area contributed by atoms with Crippen LogP contribution in [-0.4, -0.2) is 24.5 Å². The van der Waals surface area contributed by atoms with Crippen molar-refractivity contribution < 1.29 is 9.53 Å². The number of ether oxygens (including phenoxy) is 1. The number of halogens is 1. The first kappa shape index (κ1) is 11.0. The van der Waals surface area contributed by atoms with Gasteiger partial charge in [0.15, 0.2) is 5.75 Å². The van der Waals surface area contributed by atoms with Gasteiger partial charge >= 0.3 is 0 Å². The molecule has 0 spiro atoms. The lowest BCUT2D eigenvalue weighted by Gasteiger charge is -2.05. The number of carbonyl (C=O) groups is 1. The molecule has 0 saturated carbocycles. The standard InChI is InChI=1S/C9H11BrN2O2/c1-11-8(13)4-6-14-7-3-2-5-12-9(7)10/h2-3,5H,4,6H2,1H3,(H,11,13). The first-order valence-corrected chi connectivity index (χ1v) is 4.97. The third kappa shape index (κ3) is 3.33. The van der Waals surface area contributed by atoms with E-state index in [1.54, 1.807) is 25.4 Å². The van der Waals surface area contributed by atoms with E-state index in [0.717, 1.165) is 0 Å². The fraction of sp³-hybridized carbons (Fsp3) is 0.333. The molecule has 0 aliphatic heterocycles. The highest BCUT2D eigenvalue weighted by molar-refractivity contribution is 9.10. The zero-order chi connectivity index (χ0) is 10.4. The van der Waals surface area contributed by atoms with Gasteiger partial charge in [-0.1, -0.05) is 0 Å². The van der Waals surface area contributed by atoms with Crippen LogP contribution in [-0.2, 0) is 4.79 Å². The van der Waals surface area contributed by atoms with Crippen LogP contribution in [0, 0.1) is 0 Å². The van der Waals surface area contributed by atoms with Crippen molar-refractivity contribution in [3.63, 3.8) is 0 Å². The number of hydrogen-bond acceptors (Lipinski definition) is 3. The van der Waals surface area contributed by atoms with Gasteiger partial charge in [0.1, 0.15) is 4.60 Å². The fourth-order valence-electron chi connectivity index (χ4n) is 0.858. The second kappa shape index (κ2) is 5.59. The molecule has 14 heavy (non-hydrogen) atoms. The van der Waals surface area contributed by atoms with Crippen LogP contribution in [0.1, 0.15) is 6.42 Å². The number of pyridine rings is 1. The quantitative estimate of drug-likeness (QED) is 0.830. The van der Waals surface area contributed by atoms with E-state index in [4.69, 9.17) is 4.74 Å². The Morgan fingerprint density at radius 1 is 1.71 bits per heavy atom. The van der Waals surface area contributed by atoms with Gasteiger partial charge in [0.2, 0.25) is 5.91 Å². The molecule has 1 heterocycles. The Kier molecular flexibility index (Phi) is 4.39. The zero-order valence-electron chi connectivity index (χ0n) is 7.79. The summed E-state index contributed by atoms with van der Waals surface area (Å²) in [6, 6.07) is 3.57. The molecule has 76 valence electrons. The Labute approximate surface area is 90.8 Å². The molecule has 1 amide bonds. The lowest BCUT2D eigenvalue weighted by Crippen LogP contribution is -2.20. The van der Waals surface area contributed by atoms with Crippen LogP contribution < -0.4 is 10.1 Å². The van der Waals surface area contributed by atoms with Crippen LogP contribution in [0.15, 0.2) is 22.9 Å². The van der Waals surface area contributed by atoms with Crippen molar-refractivity contribution in [3.05, 3.63) is 22.9 Å². The Hall–Kier alpha value is -1.10. The van der Waals surface area contributed by atoms with Crippen molar-refractivity contribution in [2.24, 2.45) is 0 Å². The van der Waals surface area contributed by atoms with Gasteiger partial charge in [-0.05, 0) is 28.1 Å². The highest BCUT2D eigenvalue weighted by Gasteiger charge is 2.02. The van der Waals surface area contributed by atoms with Crippen molar-refractivity contribution in [1.82, 2.24) is 10.3 Å². The molecule has 0 bridgehead atoms. The van der Waals surface area contributed by atoms with Gasteiger partial charge in [0.25, 0.3) is 0 Å². The van der Waals surface area contributed by atoms with Crippen molar-refractivity contribution in [2.75, 3.05) is 13.7 Å². The Morgan fingerprint density at radius 3 is 3.14 bits per heavy atom. The molecular weight excluding hydrogens is 248 g/mol. The lowest BCUT2D eigenvalue weighted by molar-refractivity contribution is -0.121. The third-order valence-electron chi connectivity index (χ3n) is 1.59. The van der Waals surface area contributed by atoms with E-state index in [2.05, 4.69) is 26.2 Å². The van der Waals surface area contributed by atoms with Gasteiger partial charge in [0.05, 0.1) is 13.0 Å². The molecule has 0 saturated heterocycles. The molecule has 0 aliphatic rings. The van der Waals surface area contributed by atoms with Crippen molar-refractivity contribution in [1.29, 1.82) is 0 Å². The number of rotatable bonds is 4. The Morgan fingerprint density at radius 2 is 2.50 bits per heavy atom.